The minimum absolute atomic E-state index is 0.153. The molecule has 0 radical (unpaired) electrons. The van der Waals surface area contributed by atoms with Gasteiger partial charge in [0.1, 0.15) is 11.0 Å². The Kier molecular flexibility index (Phi) is 5.43. The number of carbonyl (C=O) groups excluding carboxylic acids is 1. The van der Waals surface area contributed by atoms with Crippen LogP contribution in [0.15, 0.2) is 48.5 Å². The molecule has 0 spiro atoms. The van der Waals surface area contributed by atoms with Crippen molar-refractivity contribution in [3.63, 3.8) is 0 Å². The molecule has 0 fully saturated rings. The van der Waals surface area contributed by atoms with Crippen molar-refractivity contribution >= 4 is 16.9 Å². The average molecular weight is 320 g/mol. The largest absolute Gasteiger partial charge is 0.497 e. The summed E-state index contributed by atoms with van der Waals surface area (Å²) in [6.45, 7) is -0.436. The van der Waals surface area contributed by atoms with Crippen LogP contribution in [0, 0.1) is 0 Å². The van der Waals surface area contributed by atoms with E-state index in [2.05, 4.69) is 0 Å². The fourth-order valence-electron chi connectivity index (χ4n) is 2.04. The minimum atomic E-state index is -2.16. The lowest BCUT2D eigenvalue weighted by Gasteiger charge is -2.10. The number of methoxy groups -OCH3 is 1. The smallest absolute Gasteiger partial charge is 0.193 e. The van der Waals surface area contributed by atoms with Crippen LogP contribution < -0.4 is 4.74 Å². The molecule has 0 aliphatic heterocycles. The molecule has 0 amide bonds. The normalized spacial score (nSPS) is 13.4. The van der Waals surface area contributed by atoms with Gasteiger partial charge in [0.05, 0.1) is 13.7 Å². The van der Waals surface area contributed by atoms with Crippen LogP contribution in [0.3, 0.4) is 0 Å². The Morgan fingerprint density at radius 2 is 1.59 bits per heavy atom. The van der Waals surface area contributed by atoms with Crippen LogP contribution >= 0.6 is 0 Å². The molecule has 2 rings (SSSR count). The van der Waals surface area contributed by atoms with Gasteiger partial charge in [-0.15, -0.1) is 0 Å². The van der Waals surface area contributed by atoms with Crippen molar-refractivity contribution < 1.29 is 23.4 Å². The van der Waals surface area contributed by atoms with Gasteiger partial charge in [0.25, 0.3) is 0 Å². The summed E-state index contributed by atoms with van der Waals surface area (Å²) >= 11 is -2.16. The first-order valence-electron chi connectivity index (χ1n) is 6.56. The van der Waals surface area contributed by atoms with Crippen molar-refractivity contribution in [2.45, 2.75) is 5.25 Å². The number of aliphatic hydroxyl groups is 1. The molecular weight excluding hydrogens is 304 g/mol. The molecule has 2 aromatic carbocycles. The molecule has 0 aliphatic carbocycles. The van der Waals surface area contributed by atoms with Crippen molar-refractivity contribution in [3.8, 4) is 5.75 Å². The van der Waals surface area contributed by atoms with Crippen molar-refractivity contribution in [1.82, 2.24) is 0 Å². The van der Waals surface area contributed by atoms with Crippen LogP contribution in [0.4, 0.5) is 0 Å². The molecule has 0 saturated carbocycles. The molecule has 22 heavy (non-hydrogen) atoms. The second-order valence-electron chi connectivity index (χ2n) is 4.63. The van der Waals surface area contributed by atoms with Crippen molar-refractivity contribution in [3.05, 3.63) is 65.2 Å². The van der Waals surface area contributed by atoms with Crippen LogP contribution in [-0.4, -0.2) is 33.4 Å². The molecule has 2 aromatic rings. The molecule has 0 bridgehead atoms. The highest BCUT2D eigenvalue weighted by molar-refractivity contribution is 7.79. The van der Waals surface area contributed by atoms with Crippen molar-refractivity contribution in [1.29, 1.82) is 0 Å². The summed E-state index contributed by atoms with van der Waals surface area (Å²) in [6, 6.07) is 13.1. The van der Waals surface area contributed by atoms with E-state index in [1.807, 2.05) is 0 Å². The Bertz CT molecular complexity index is 664. The molecular formula is C16H16O5S. The third-order valence-corrected chi connectivity index (χ3v) is 4.21. The maximum absolute atomic E-state index is 12.3. The minimum Gasteiger partial charge on any atom is -0.497 e. The number of ketones is 1. The highest BCUT2D eigenvalue weighted by Gasteiger charge is 2.17. The first-order valence-corrected chi connectivity index (χ1v) is 7.73. The maximum atomic E-state index is 12.3. The van der Waals surface area contributed by atoms with Gasteiger partial charge in [-0.3, -0.25) is 4.79 Å². The average Bonchev–Trinajstić information content (AvgIpc) is 2.55. The van der Waals surface area contributed by atoms with Gasteiger partial charge in [0.2, 0.25) is 0 Å². The highest BCUT2D eigenvalue weighted by atomic mass is 32.2. The fraction of sp³-hybridized carbons (Fsp3) is 0.188. The van der Waals surface area contributed by atoms with Crippen LogP contribution in [-0.2, 0) is 11.1 Å². The standard InChI is InChI=1S/C16H16O5S/c1-21-14-8-6-13(7-9-14)16(18)12-4-2-11(3-5-12)15(10-17)22(19)20/h2-9,15,17H,10H2,1H3,(H,19,20). The van der Waals surface area contributed by atoms with E-state index >= 15 is 0 Å². The van der Waals surface area contributed by atoms with Crippen molar-refractivity contribution in [2.75, 3.05) is 13.7 Å². The van der Waals surface area contributed by atoms with E-state index in [4.69, 9.17) is 14.4 Å². The second-order valence-corrected chi connectivity index (χ2v) is 5.75. The predicted molar refractivity (Wildman–Crippen MR) is 83.5 cm³/mol. The zero-order chi connectivity index (χ0) is 16.1. The van der Waals surface area contributed by atoms with Gasteiger partial charge in [-0.05, 0) is 29.8 Å². The number of hydrogen-bond donors (Lipinski definition) is 2. The third kappa shape index (κ3) is 3.59. The van der Waals surface area contributed by atoms with Gasteiger partial charge in [-0.2, -0.15) is 0 Å². The molecule has 2 N–H and O–H groups in total. The van der Waals surface area contributed by atoms with E-state index in [-0.39, 0.29) is 5.78 Å². The summed E-state index contributed by atoms with van der Waals surface area (Å²) < 4.78 is 25.3. The SMILES string of the molecule is COc1ccc(C(=O)c2ccc(C(CO)S(=O)O)cc2)cc1. The number of carbonyl (C=O) groups is 1. The lowest BCUT2D eigenvalue weighted by molar-refractivity contribution is 0.103. The van der Waals surface area contributed by atoms with E-state index < -0.39 is 22.9 Å². The topological polar surface area (TPSA) is 83.8 Å². The third-order valence-electron chi connectivity index (χ3n) is 3.31. The summed E-state index contributed by atoms with van der Waals surface area (Å²) in [6.07, 6.45) is 0. The van der Waals surface area contributed by atoms with E-state index in [0.29, 0.717) is 22.4 Å². The lowest BCUT2D eigenvalue weighted by Crippen LogP contribution is -2.10. The van der Waals surface area contributed by atoms with Gasteiger partial charge in [-0.25, -0.2) is 4.21 Å². The second kappa shape index (κ2) is 7.31. The molecule has 5 nitrogen and oxygen atoms in total. The van der Waals surface area contributed by atoms with E-state index in [0.717, 1.165) is 0 Å². The highest BCUT2D eigenvalue weighted by Crippen LogP contribution is 2.20. The van der Waals surface area contributed by atoms with Gasteiger partial charge in [-0.1, -0.05) is 24.3 Å². The van der Waals surface area contributed by atoms with Crippen molar-refractivity contribution in [2.24, 2.45) is 0 Å². The Hall–Kier alpha value is -2.02. The molecule has 6 heteroatoms. The lowest BCUT2D eigenvalue weighted by atomic mass is 10.0. The molecule has 2 unspecified atom stereocenters. The molecule has 0 heterocycles. The Morgan fingerprint density at radius 3 is 2.00 bits per heavy atom. The van der Waals surface area contributed by atoms with Crippen LogP contribution in [0.2, 0.25) is 0 Å². The van der Waals surface area contributed by atoms with Gasteiger partial charge in [0.15, 0.2) is 16.9 Å². The first-order chi connectivity index (χ1) is 10.6. The summed E-state index contributed by atoms with van der Waals surface area (Å²) in [5.41, 5.74) is 1.50. The van der Waals surface area contributed by atoms with Gasteiger partial charge >= 0.3 is 0 Å². The summed E-state index contributed by atoms with van der Waals surface area (Å²) in [7, 11) is 1.55. The molecule has 2 atom stereocenters. The predicted octanol–water partition coefficient (Wildman–Crippen LogP) is 2.18. The van der Waals surface area contributed by atoms with Crippen LogP contribution in [0.25, 0.3) is 0 Å². The van der Waals surface area contributed by atoms with Gasteiger partial charge in [0, 0.05) is 11.1 Å². The van der Waals surface area contributed by atoms with E-state index in [1.165, 1.54) is 0 Å². The zero-order valence-electron chi connectivity index (χ0n) is 11.9. The quantitative estimate of drug-likeness (QED) is 0.629. The first kappa shape index (κ1) is 16.4. The molecule has 0 aliphatic rings. The molecule has 0 aromatic heterocycles. The number of ether oxygens (including phenoxy) is 1. The van der Waals surface area contributed by atoms with Crippen LogP contribution in [0.5, 0.6) is 5.75 Å². The summed E-state index contributed by atoms with van der Waals surface area (Å²) in [5, 5.41) is 8.25. The zero-order valence-corrected chi connectivity index (χ0v) is 12.7. The Balaban J connectivity index is 2.22. The summed E-state index contributed by atoms with van der Waals surface area (Å²) in [4.78, 5) is 12.3. The van der Waals surface area contributed by atoms with E-state index in [9.17, 15) is 9.00 Å². The summed E-state index contributed by atoms with van der Waals surface area (Å²) in [5.74, 6) is 0.517. The fourth-order valence-corrected chi connectivity index (χ4v) is 2.56. The monoisotopic (exact) mass is 320 g/mol. The maximum Gasteiger partial charge on any atom is 0.193 e. The van der Waals surface area contributed by atoms with E-state index in [1.54, 1.807) is 55.6 Å². The molecule has 0 saturated heterocycles. The van der Waals surface area contributed by atoms with Gasteiger partial charge < -0.3 is 14.4 Å². The number of rotatable bonds is 6. The molecule has 116 valence electrons. The number of hydrogen-bond acceptors (Lipinski definition) is 4. The number of benzene rings is 2. The Labute approximate surface area is 130 Å². The number of aliphatic hydroxyl groups excluding tert-OH is 1. The van der Waals surface area contributed by atoms with Crippen LogP contribution in [0.1, 0.15) is 26.7 Å². The Morgan fingerprint density at radius 1 is 1.09 bits per heavy atom.